The Hall–Kier alpha value is -2.94. The molecule has 2 heterocycles. The topological polar surface area (TPSA) is 30.7 Å². The molecule has 0 N–H and O–H groups in total. The summed E-state index contributed by atoms with van der Waals surface area (Å²) in [5.41, 5.74) is 5.07. The monoisotopic (exact) mass is 285 g/mol. The molecule has 0 saturated heterocycles. The van der Waals surface area contributed by atoms with Gasteiger partial charge in [0.2, 0.25) is 0 Å². The molecule has 0 spiro atoms. The van der Waals surface area contributed by atoms with Gasteiger partial charge in [0.1, 0.15) is 11.3 Å². The summed E-state index contributed by atoms with van der Waals surface area (Å²) in [4.78, 5) is 9.42. The first-order chi connectivity index (χ1) is 10.8. The van der Waals surface area contributed by atoms with Crippen molar-refractivity contribution in [2.24, 2.45) is 0 Å². The molecule has 106 valence electrons. The number of hydrogen-bond donors (Lipinski definition) is 0. The average Bonchev–Trinajstić information content (AvgIpc) is 2.95. The van der Waals surface area contributed by atoms with E-state index in [4.69, 9.17) is 4.98 Å². The molecule has 4 aromatic rings. The molecule has 0 radical (unpaired) electrons. The maximum absolute atomic E-state index is 4.82. The van der Waals surface area contributed by atoms with Crippen molar-refractivity contribution < 1.29 is 0 Å². The van der Waals surface area contributed by atoms with Crippen molar-refractivity contribution in [3.8, 4) is 17.1 Å². The molecule has 22 heavy (non-hydrogen) atoms. The molecule has 0 atom stereocenters. The van der Waals surface area contributed by atoms with Gasteiger partial charge in [-0.1, -0.05) is 48.5 Å². The normalized spacial score (nSPS) is 11.0. The van der Waals surface area contributed by atoms with Crippen LogP contribution in [0.4, 0.5) is 0 Å². The smallest absolute Gasteiger partial charge is 0.164 e. The van der Waals surface area contributed by atoms with E-state index < -0.39 is 0 Å². The van der Waals surface area contributed by atoms with Crippen LogP contribution in [0.2, 0.25) is 0 Å². The van der Waals surface area contributed by atoms with E-state index in [1.165, 1.54) is 0 Å². The summed E-state index contributed by atoms with van der Waals surface area (Å²) in [7, 11) is 0. The lowest BCUT2D eigenvalue weighted by atomic mass is 10.2. The van der Waals surface area contributed by atoms with Gasteiger partial charge in [-0.15, -0.1) is 0 Å². The van der Waals surface area contributed by atoms with E-state index in [1.54, 1.807) is 0 Å². The number of rotatable bonds is 2. The van der Waals surface area contributed by atoms with E-state index in [1.807, 2.05) is 49.5 Å². The first-order valence-corrected chi connectivity index (χ1v) is 7.29. The van der Waals surface area contributed by atoms with Crippen LogP contribution in [0, 0.1) is 6.92 Å². The van der Waals surface area contributed by atoms with Crippen molar-refractivity contribution in [2.75, 3.05) is 0 Å². The summed E-state index contributed by atoms with van der Waals surface area (Å²) in [6.45, 7) is 2.04. The maximum Gasteiger partial charge on any atom is 0.164 e. The molecule has 0 aliphatic rings. The molecular formula is C19H15N3. The van der Waals surface area contributed by atoms with Crippen molar-refractivity contribution in [3.05, 3.63) is 78.5 Å². The van der Waals surface area contributed by atoms with Crippen molar-refractivity contribution in [1.29, 1.82) is 0 Å². The molecule has 3 nitrogen and oxygen atoms in total. The predicted molar refractivity (Wildman–Crippen MR) is 89.0 cm³/mol. The first kappa shape index (κ1) is 12.8. The Kier molecular flexibility index (Phi) is 2.97. The van der Waals surface area contributed by atoms with Crippen LogP contribution >= 0.6 is 0 Å². The molecule has 0 unspecified atom stereocenters. The van der Waals surface area contributed by atoms with Crippen LogP contribution in [0.5, 0.6) is 0 Å². The average molecular weight is 285 g/mol. The number of fused-ring (bicyclic) bond motifs is 1. The quantitative estimate of drug-likeness (QED) is 0.546. The van der Waals surface area contributed by atoms with Crippen LogP contribution in [0.15, 0.2) is 72.9 Å². The van der Waals surface area contributed by atoms with Gasteiger partial charge in [-0.25, -0.2) is 9.97 Å². The largest absolute Gasteiger partial charge is 0.277 e. The minimum atomic E-state index is 0.885. The number of hydrogen-bond acceptors (Lipinski definition) is 2. The molecule has 2 aromatic carbocycles. The molecule has 0 saturated carbocycles. The lowest BCUT2D eigenvalue weighted by Gasteiger charge is -2.08. The Bertz CT molecular complexity index is 925. The number of benzene rings is 2. The second-order valence-electron chi connectivity index (χ2n) is 5.33. The Labute approximate surface area is 128 Å². The molecule has 3 heteroatoms. The summed E-state index contributed by atoms with van der Waals surface area (Å²) in [5.74, 6) is 0.917. The van der Waals surface area contributed by atoms with Gasteiger partial charge in [0.15, 0.2) is 5.65 Å². The Morgan fingerprint density at radius 3 is 2.27 bits per heavy atom. The molecule has 4 rings (SSSR count). The number of pyridine rings is 1. The summed E-state index contributed by atoms with van der Waals surface area (Å²) < 4.78 is 2.12. The van der Waals surface area contributed by atoms with E-state index in [9.17, 15) is 0 Å². The van der Waals surface area contributed by atoms with E-state index in [2.05, 4.69) is 39.9 Å². The van der Waals surface area contributed by atoms with E-state index in [0.29, 0.717) is 0 Å². The Morgan fingerprint density at radius 1 is 0.864 bits per heavy atom. The van der Waals surface area contributed by atoms with Gasteiger partial charge in [-0.05, 0) is 30.7 Å². The zero-order valence-corrected chi connectivity index (χ0v) is 12.3. The van der Waals surface area contributed by atoms with E-state index in [-0.39, 0.29) is 0 Å². The van der Waals surface area contributed by atoms with Crippen LogP contribution < -0.4 is 0 Å². The Balaban J connectivity index is 2.07. The summed E-state index contributed by atoms with van der Waals surface area (Å²) >= 11 is 0. The molecule has 0 aliphatic carbocycles. The van der Waals surface area contributed by atoms with Gasteiger partial charge < -0.3 is 0 Å². The fourth-order valence-corrected chi connectivity index (χ4v) is 2.67. The molecular weight excluding hydrogens is 270 g/mol. The first-order valence-electron chi connectivity index (χ1n) is 7.29. The van der Waals surface area contributed by atoms with Gasteiger partial charge in [0.25, 0.3) is 0 Å². The van der Waals surface area contributed by atoms with Gasteiger partial charge in [-0.3, -0.25) is 4.57 Å². The maximum atomic E-state index is 4.82. The van der Waals surface area contributed by atoms with Crippen LogP contribution in [-0.4, -0.2) is 14.5 Å². The van der Waals surface area contributed by atoms with Crippen molar-refractivity contribution in [2.45, 2.75) is 6.92 Å². The van der Waals surface area contributed by atoms with Crippen LogP contribution in [0.25, 0.3) is 28.2 Å². The fraction of sp³-hybridized carbons (Fsp3) is 0.0526. The number of imidazole rings is 1. The molecule has 0 amide bonds. The second-order valence-corrected chi connectivity index (χ2v) is 5.33. The van der Waals surface area contributed by atoms with Crippen molar-refractivity contribution in [1.82, 2.24) is 14.5 Å². The summed E-state index contributed by atoms with van der Waals surface area (Å²) in [6, 6.07) is 22.5. The highest BCUT2D eigenvalue weighted by Gasteiger charge is 2.14. The highest BCUT2D eigenvalue weighted by molar-refractivity contribution is 5.80. The number of para-hydroxylation sites is 1. The van der Waals surface area contributed by atoms with Gasteiger partial charge in [-0.2, -0.15) is 0 Å². The second kappa shape index (κ2) is 5.11. The zero-order chi connectivity index (χ0) is 14.9. The van der Waals surface area contributed by atoms with Gasteiger partial charge >= 0.3 is 0 Å². The lowest BCUT2D eigenvalue weighted by molar-refractivity contribution is 1.08. The highest BCUT2D eigenvalue weighted by Crippen LogP contribution is 2.27. The summed E-state index contributed by atoms with van der Waals surface area (Å²) in [6.07, 6.45) is 1.89. The zero-order valence-electron chi connectivity index (χ0n) is 12.3. The fourth-order valence-electron chi connectivity index (χ4n) is 2.67. The van der Waals surface area contributed by atoms with E-state index in [0.717, 1.165) is 33.8 Å². The number of nitrogens with zero attached hydrogens (tertiary/aromatic N) is 3. The molecule has 0 aliphatic heterocycles. The number of aromatic nitrogens is 3. The third-order valence-electron chi connectivity index (χ3n) is 3.68. The van der Waals surface area contributed by atoms with Crippen LogP contribution in [-0.2, 0) is 0 Å². The Morgan fingerprint density at radius 2 is 1.55 bits per heavy atom. The third kappa shape index (κ3) is 2.07. The third-order valence-corrected chi connectivity index (χ3v) is 3.68. The molecule has 0 fully saturated rings. The van der Waals surface area contributed by atoms with Crippen molar-refractivity contribution >= 4 is 11.2 Å². The summed E-state index contributed by atoms with van der Waals surface area (Å²) in [5, 5.41) is 0. The number of aryl methyl sites for hydroxylation is 1. The van der Waals surface area contributed by atoms with Gasteiger partial charge in [0, 0.05) is 17.4 Å². The molecule has 0 bridgehead atoms. The van der Waals surface area contributed by atoms with Gasteiger partial charge in [0.05, 0.1) is 0 Å². The van der Waals surface area contributed by atoms with E-state index >= 15 is 0 Å². The van der Waals surface area contributed by atoms with Crippen LogP contribution in [0.3, 0.4) is 0 Å². The SMILES string of the molecule is Cc1cnc2c(c1)nc(-c1ccccc1)n2-c1ccccc1. The standard InChI is InChI=1S/C19H15N3/c1-14-12-17-19(20-13-14)22(16-10-6-3-7-11-16)18(21-17)15-8-4-2-5-9-15/h2-13H,1H3. The molecule has 2 aromatic heterocycles. The highest BCUT2D eigenvalue weighted by atomic mass is 15.1. The minimum absolute atomic E-state index is 0.885. The minimum Gasteiger partial charge on any atom is -0.277 e. The lowest BCUT2D eigenvalue weighted by Crippen LogP contribution is -1.98. The van der Waals surface area contributed by atoms with Crippen LogP contribution in [0.1, 0.15) is 5.56 Å². The predicted octanol–water partition coefficient (Wildman–Crippen LogP) is 4.40. The van der Waals surface area contributed by atoms with Crippen molar-refractivity contribution in [3.63, 3.8) is 0 Å².